The average Bonchev–Trinajstić information content (AvgIpc) is 3.53. The second kappa shape index (κ2) is 9.19. The van der Waals surface area contributed by atoms with E-state index in [9.17, 15) is 9.18 Å². The normalized spacial score (nSPS) is 15.5. The number of carbonyl (C=O) groups is 1. The number of benzene rings is 1. The first-order chi connectivity index (χ1) is 17.5. The number of imidazole rings is 1. The van der Waals surface area contributed by atoms with Crippen LogP contribution in [0.4, 0.5) is 10.1 Å². The van der Waals surface area contributed by atoms with Crippen LogP contribution < -0.4 is 20.7 Å². The number of pyridine rings is 1. The molecule has 184 valence electrons. The molecule has 4 heterocycles. The van der Waals surface area contributed by atoms with Gasteiger partial charge in [-0.3, -0.25) is 9.78 Å². The minimum atomic E-state index is -0.492. The molecule has 0 atom stereocenters. The summed E-state index contributed by atoms with van der Waals surface area (Å²) in [6, 6.07) is 9.02. The number of amides is 1. The van der Waals surface area contributed by atoms with Gasteiger partial charge in [-0.2, -0.15) is 0 Å². The molecule has 0 spiro atoms. The van der Waals surface area contributed by atoms with Gasteiger partial charge >= 0.3 is 0 Å². The van der Waals surface area contributed by atoms with Gasteiger partial charge in [0.05, 0.1) is 30.0 Å². The van der Waals surface area contributed by atoms with Crippen LogP contribution in [0.2, 0.25) is 0 Å². The Labute approximate surface area is 207 Å². The van der Waals surface area contributed by atoms with Crippen molar-refractivity contribution < 1.29 is 13.9 Å². The smallest absolute Gasteiger partial charge is 0.251 e. The molecule has 1 amide bonds. The highest BCUT2D eigenvalue weighted by Gasteiger charge is 2.25. The van der Waals surface area contributed by atoms with Crippen LogP contribution in [0.15, 0.2) is 48.9 Å². The third-order valence-corrected chi connectivity index (χ3v) is 6.47. The van der Waals surface area contributed by atoms with Crippen LogP contribution in [0.25, 0.3) is 16.9 Å². The molecule has 0 radical (unpaired) electrons. The molecule has 2 aliphatic rings. The highest BCUT2D eigenvalue weighted by Crippen LogP contribution is 2.30. The number of nitrogens with one attached hydrogen (secondary N) is 3. The van der Waals surface area contributed by atoms with Crippen LogP contribution in [0.1, 0.15) is 28.8 Å². The number of halogens is 1. The summed E-state index contributed by atoms with van der Waals surface area (Å²) >= 11 is 0. The molecule has 1 aliphatic heterocycles. The van der Waals surface area contributed by atoms with Gasteiger partial charge in [0.2, 0.25) is 5.88 Å². The number of nitrogens with zero attached hydrogens (tertiary/aromatic N) is 4. The Morgan fingerprint density at radius 2 is 2.06 bits per heavy atom. The Balaban J connectivity index is 1.36. The van der Waals surface area contributed by atoms with E-state index in [1.54, 1.807) is 16.8 Å². The number of hydrogen-bond donors (Lipinski definition) is 3. The van der Waals surface area contributed by atoms with Crippen LogP contribution in [-0.2, 0) is 0 Å². The lowest BCUT2D eigenvalue weighted by Gasteiger charge is -2.27. The maximum atomic E-state index is 13.7. The molecule has 3 aromatic heterocycles. The predicted octanol–water partition coefficient (Wildman–Crippen LogP) is 3.55. The van der Waals surface area contributed by atoms with Crippen molar-refractivity contribution in [3.8, 4) is 22.9 Å². The molecule has 1 aromatic carbocycles. The van der Waals surface area contributed by atoms with Crippen LogP contribution in [-0.4, -0.2) is 51.2 Å². The average molecular weight is 488 g/mol. The fraction of sp³-hybridized carbons (Fsp3) is 0.308. The van der Waals surface area contributed by atoms with E-state index in [0.717, 1.165) is 61.2 Å². The first kappa shape index (κ1) is 22.4. The Bertz CT molecular complexity index is 1450. The Hall–Kier alpha value is -4.05. The lowest BCUT2D eigenvalue weighted by molar-refractivity contribution is 0.0950. The van der Waals surface area contributed by atoms with Crippen LogP contribution in [0.5, 0.6) is 11.6 Å². The number of hydrogen-bond acceptors (Lipinski definition) is 7. The van der Waals surface area contributed by atoms with E-state index in [4.69, 9.17) is 4.74 Å². The molecule has 0 unspecified atom stereocenters. The number of carbonyl (C=O) groups excluding carboxylic acids is 1. The second-order valence-electron chi connectivity index (χ2n) is 9.40. The van der Waals surface area contributed by atoms with E-state index >= 15 is 0 Å². The molecule has 4 aromatic rings. The summed E-state index contributed by atoms with van der Waals surface area (Å²) in [6.07, 6.45) is 6.39. The summed E-state index contributed by atoms with van der Waals surface area (Å²) in [5.74, 6) is 0.518. The third kappa shape index (κ3) is 4.59. The lowest BCUT2D eigenvalue weighted by Crippen LogP contribution is -2.45. The van der Waals surface area contributed by atoms with Gasteiger partial charge < -0.3 is 20.7 Å². The summed E-state index contributed by atoms with van der Waals surface area (Å²) in [4.78, 5) is 21.0. The van der Waals surface area contributed by atoms with Crippen LogP contribution in [0, 0.1) is 18.7 Å². The lowest BCUT2D eigenvalue weighted by atomic mass is 10.0. The van der Waals surface area contributed by atoms with Gasteiger partial charge in [-0.15, -0.1) is 5.10 Å². The maximum Gasteiger partial charge on any atom is 0.251 e. The van der Waals surface area contributed by atoms with Crippen molar-refractivity contribution in [1.29, 1.82) is 0 Å². The van der Waals surface area contributed by atoms with Gasteiger partial charge in [-0.1, -0.05) is 6.07 Å². The van der Waals surface area contributed by atoms with Crippen molar-refractivity contribution in [1.82, 2.24) is 30.2 Å². The Morgan fingerprint density at radius 3 is 2.78 bits per heavy atom. The van der Waals surface area contributed by atoms with Gasteiger partial charge in [-0.05, 0) is 37.5 Å². The van der Waals surface area contributed by atoms with Crippen molar-refractivity contribution >= 4 is 17.2 Å². The molecule has 1 saturated heterocycles. The number of anilines is 1. The fourth-order valence-electron chi connectivity index (χ4n) is 4.21. The summed E-state index contributed by atoms with van der Waals surface area (Å²) in [5.41, 5.74) is 4.56. The van der Waals surface area contributed by atoms with Gasteiger partial charge in [0.15, 0.2) is 11.4 Å². The van der Waals surface area contributed by atoms with E-state index in [2.05, 4.69) is 31.0 Å². The van der Waals surface area contributed by atoms with Crippen LogP contribution >= 0.6 is 0 Å². The fourth-order valence-corrected chi connectivity index (χ4v) is 4.21. The SMILES string of the molecule is Cc1cc(-c2cnc3c(NCC4CNC4)cc(Oc4cncc(F)c4)nn23)ccc1C(=O)NC1CC1. The first-order valence-electron chi connectivity index (χ1n) is 12.1. The molecule has 9 nitrogen and oxygen atoms in total. The number of aryl methyl sites for hydroxylation is 1. The topological polar surface area (TPSA) is 105 Å². The largest absolute Gasteiger partial charge is 0.436 e. The summed E-state index contributed by atoms with van der Waals surface area (Å²) in [5, 5.41) is 14.4. The van der Waals surface area contributed by atoms with Gasteiger partial charge in [0.25, 0.3) is 5.91 Å². The summed E-state index contributed by atoms with van der Waals surface area (Å²) in [7, 11) is 0. The zero-order chi connectivity index (χ0) is 24.6. The van der Waals surface area contributed by atoms with Crippen molar-refractivity contribution in [2.75, 3.05) is 25.0 Å². The second-order valence-corrected chi connectivity index (χ2v) is 9.40. The number of ether oxygens (including phenoxy) is 1. The monoisotopic (exact) mass is 487 g/mol. The van der Waals surface area contributed by atoms with E-state index < -0.39 is 5.82 Å². The molecule has 36 heavy (non-hydrogen) atoms. The quantitative estimate of drug-likeness (QED) is 0.349. The van der Waals surface area contributed by atoms with Gasteiger partial charge in [-0.25, -0.2) is 13.9 Å². The molecule has 0 bridgehead atoms. The highest BCUT2D eigenvalue weighted by atomic mass is 19.1. The van der Waals surface area contributed by atoms with E-state index in [1.807, 2.05) is 25.1 Å². The first-order valence-corrected chi connectivity index (χ1v) is 12.1. The van der Waals surface area contributed by atoms with Gasteiger partial charge in [0.1, 0.15) is 5.82 Å². The van der Waals surface area contributed by atoms with Gasteiger partial charge in [0, 0.05) is 54.9 Å². The molecule has 6 rings (SSSR count). The highest BCUT2D eigenvalue weighted by molar-refractivity contribution is 5.96. The third-order valence-electron chi connectivity index (χ3n) is 6.47. The number of fused-ring (bicyclic) bond motifs is 1. The van der Waals surface area contributed by atoms with E-state index in [1.165, 1.54) is 12.3 Å². The standard InChI is InChI=1S/C26H26FN7O2/c1-15-6-17(2-5-21(15)26(35)32-19-3-4-19)23-14-31-25-22(30-11-16-9-28-10-16)8-24(33-34(23)25)36-20-7-18(27)12-29-13-20/h2,5-8,12-14,16,19,28,30H,3-4,9-11H2,1H3,(H,32,35). The van der Waals surface area contributed by atoms with Crippen molar-refractivity contribution in [3.05, 3.63) is 65.9 Å². The Kier molecular flexibility index (Phi) is 5.73. The van der Waals surface area contributed by atoms with E-state index in [-0.39, 0.29) is 17.5 Å². The molecule has 10 heteroatoms. The van der Waals surface area contributed by atoms with E-state index in [0.29, 0.717) is 23.2 Å². The van der Waals surface area contributed by atoms with Crippen molar-refractivity contribution in [3.63, 3.8) is 0 Å². The minimum Gasteiger partial charge on any atom is -0.436 e. The zero-order valence-corrected chi connectivity index (χ0v) is 19.8. The van der Waals surface area contributed by atoms with Crippen LogP contribution in [0.3, 0.4) is 0 Å². The number of rotatable bonds is 8. The molecule has 3 N–H and O–H groups in total. The summed E-state index contributed by atoms with van der Waals surface area (Å²) in [6.45, 7) is 4.63. The summed E-state index contributed by atoms with van der Waals surface area (Å²) < 4.78 is 21.2. The zero-order valence-electron chi connectivity index (χ0n) is 19.8. The van der Waals surface area contributed by atoms with Crippen molar-refractivity contribution in [2.24, 2.45) is 5.92 Å². The maximum absolute atomic E-state index is 13.7. The molecule has 1 aliphatic carbocycles. The minimum absolute atomic E-state index is 0.0471. The van der Waals surface area contributed by atoms with Crippen molar-refractivity contribution in [2.45, 2.75) is 25.8 Å². The number of aromatic nitrogens is 4. The predicted molar refractivity (Wildman–Crippen MR) is 133 cm³/mol. The Morgan fingerprint density at radius 1 is 1.19 bits per heavy atom. The molecule has 2 fully saturated rings. The molecular weight excluding hydrogens is 461 g/mol. The molecule has 1 saturated carbocycles. The molecular formula is C26H26FN7O2.